The first-order chi connectivity index (χ1) is 8.77. The molecule has 5 heteroatoms. The Morgan fingerprint density at radius 2 is 2.17 bits per heavy atom. The summed E-state index contributed by atoms with van der Waals surface area (Å²) < 4.78 is 11.6. The van der Waals surface area contributed by atoms with Gasteiger partial charge in [-0.25, -0.2) is 0 Å². The maximum Gasteiger partial charge on any atom is 0.119 e. The van der Waals surface area contributed by atoms with Crippen molar-refractivity contribution in [3.63, 3.8) is 0 Å². The summed E-state index contributed by atoms with van der Waals surface area (Å²) in [6, 6.07) is 5.89. The standard InChI is InChI=1S/C13H20BrNO3/c1-17-8-5-15-10-11-9-12(3-4-13(11)14)18-7-2-6-16/h3-4,9,15-16H,2,5-8,10H2,1H3. The molecule has 1 aromatic rings. The molecule has 0 fully saturated rings. The number of methoxy groups -OCH3 is 1. The number of hydrogen-bond donors (Lipinski definition) is 2. The summed E-state index contributed by atoms with van der Waals surface area (Å²) in [4.78, 5) is 0. The summed E-state index contributed by atoms with van der Waals surface area (Å²) in [6.07, 6.45) is 0.650. The van der Waals surface area contributed by atoms with Crippen molar-refractivity contribution >= 4 is 15.9 Å². The zero-order chi connectivity index (χ0) is 13.2. The molecule has 4 nitrogen and oxygen atoms in total. The summed E-state index contributed by atoms with van der Waals surface area (Å²) in [5.74, 6) is 0.829. The minimum absolute atomic E-state index is 0.155. The van der Waals surface area contributed by atoms with Gasteiger partial charge in [-0.1, -0.05) is 15.9 Å². The van der Waals surface area contributed by atoms with Crippen LogP contribution in [0, 0.1) is 0 Å². The summed E-state index contributed by atoms with van der Waals surface area (Å²) in [7, 11) is 1.69. The van der Waals surface area contributed by atoms with E-state index in [1.165, 1.54) is 0 Å². The highest BCUT2D eigenvalue weighted by Gasteiger charge is 2.02. The third-order valence-corrected chi connectivity index (χ3v) is 3.16. The summed E-state index contributed by atoms with van der Waals surface area (Å²) in [5, 5.41) is 12.0. The Labute approximate surface area is 116 Å². The number of halogens is 1. The molecule has 18 heavy (non-hydrogen) atoms. The van der Waals surface area contributed by atoms with Crippen molar-refractivity contribution in [2.75, 3.05) is 33.5 Å². The van der Waals surface area contributed by atoms with E-state index in [0.717, 1.165) is 28.9 Å². The second-order valence-corrected chi connectivity index (χ2v) is 4.70. The van der Waals surface area contributed by atoms with Crippen LogP contribution in [0.1, 0.15) is 12.0 Å². The zero-order valence-electron chi connectivity index (χ0n) is 10.6. The molecule has 0 unspecified atom stereocenters. The van der Waals surface area contributed by atoms with Crippen molar-refractivity contribution < 1.29 is 14.6 Å². The van der Waals surface area contributed by atoms with E-state index in [1.807, 2.05) is 18.2 Å². The van der Waals surface area contributed by atoms with Gasteiger partial charge in [0.25, 0.3) is 0 Å². The van der Waals surface area contributed by atoms with E-state index in [-0.39, 0.29) is 6.61 Å². The van der Waals surface area contributed by atoms with Gasteiger partial charge in [-0.15, -0.1) is 0 Å². The predicted molar refractivity (Wildman–Crippen MR) is 74.9 cm³/mol. The fourth-order valence-electron chi connectivity index (χ4n) is 1.43. The molecule has 0 amide bonds. The van der Waals surface area contributed by atoms with Crippen molar-refractivity contribution in [3.8, 4) is 5.75 Å². The fraction of sp³-hybridized carbons (Fsp3) is 0.538. The lowest BCUT2D eigenvalue weighted by Gasteiger charge is -2.10. The molecule has 1 aromatic carbocycles. The number of nitrogens with one attached hydrogen (secondary N) is 1. The van der Waals surface area contributed by atoms with Crippen LogP contribution in [0.15, 0.2) is 22.7 Å². The lowest BCUT2D eigenvalue weighted by atomic mass is 10.2. The Kier molecular flexibility index (Phi) is 8.00. The molecular formula is C13H20BrNO3. The lowest BCUT2D eigenvalue weighted by Crippen LogP contribution is -2.18. The van der Waals surface area contributed by atoms with Gasteiger partial charge >= 0.3 is 0 Å². The lowest BCUT2D eigenvalue weighted by molar-refractivity contribution is 0.199. The van der Waals surface area contributed by atoms with E-state index in [4.69, 9.17) is 14.6 Å². The molecule has 0 bridgehead atoms. The second-order valence-electron chi connectivity index (χ2n) is 3.85. The van der Waals surface area contributed by atoms with Crippen LogP contribution in [-0.2, 0) is 11.3 Å². The Morgan fingerprint density at radius 3 is 2.89 bits per heavy atom. The average Bonchev–Trinajstić information content (AvgIpc) is 2.38. The number of aliphatic hydroxyl groups excluding tert-OH is 1. The van der Waals surface area contributed by atoms with Crippen molar-refractivity contribution in [1.82, 2.24) is 5.32 Å². The summed E-state index contributed by atoms with van der Waals surface area (Å²) in [6.45, 7) is 2.97. The van der Waals surface area contributed by atoms with Gasteiger partial charge in [0.05, 0.1) is 13.2 Å². The van der Waals surface area contributed by atoms with Gasteiger partial charge in [0.2, 0.25) is 0 Å². The zero-order valence-corrected chi connectivity index (χ0v) is 12.2. The Bertz CT molecular complexity index is 347. The van der Waals surface area contributed by atoms with Gasteiger partial charge in [0.1, 0.15) is 5.75 Å². The molecule has 2 N–H and O–H groups in total. The van der Waals surface area contributed by atoms with Crippen LogP contribution in [0.25, 0.3) is 0 Å². The number of benzene rings is 1. The maximum absolute atomic E-state index is 8.70. The Hall–Kier alpha value is -0.620. The highest BCUT2D eigenvalue weighted by molar-refractivity contribution is 9.10. The van der Waals surface area contributed by atoms with Crippen LogP contribution in [0.4, 0.5) is 0 Å². The van der Waals surface area contributed by atoms with E-state index in [2.05, 4.69) is 21.2 Å². The fourth-order valence-corrected chi connectivity index (χ4v) is 1.82. The number of aliphatic hydroxyl groups is 1. The molecule has 0 radical (unpaired) electrons. The summed E-state index contributed by atoms with van der Waals surface area (Å²) in [5.41, 5.74) is 1.15. The van der Waals surface area contributed by atoms with Crippen LogP contribution < -0.4 is 10.1 Å². The van der Waals surface area contributed by atoms with Crippen molar-refractivity contribution in [2.45, 2.75) is 13.0 Å². The maximum atomic E-state index is 8.70. The predicted octanol–water partition coefficient (Wildman–Crippen LogP) is 1.95. The summed E-state index contributed by atoms with van der Waals surface area (Å²) >= 11 is 3.51. The first kappa shape index (κ1) is 15.4. The van der Waals surface area contributed by atoms with Gasteiger partial charge in [0, 0.05) is 37.7 Å². The molecule has 0 aliphatic carbocycles. The second kappa shape index (κ2) is 9.33. The van der Waals surface area contributed by atoms with Gasteiger partial charge in [-0.2, -0.15) is 0 Å². The highest BCUT2D eigenvalue weighted by Crippen LogP contribution is 2.22. The van der Waals surface area contributed by atoms with Crippen molar-refractivity contribution in [3.05, 3.63) is 28.2 Å². The molecular weight excluding hydrogens is 298 g/mol. The van der Waals surface area contributed by atoms with Gasteiger partial charge < -0.3 is 19.9 Å². The van der Waals surface area contributed by atoms with Crippen LogP contribution >= 0.6 is 15.9 Å². The van der Waals surface area contributed by atoms with E-state index in [9.17, 15) is 0 Å². The molecule has 0 atom stereocenters. The largest absolute Gasteiger partial charge is 0.493 e. The number of hydrogen-bond acceptors (Lipinski definition) is 4. The molecule has 0 saturated carbocycles. The van der Waals surface area contributed by atoms with Crippen molar-refractivity contribution in [1.29, 1.82) is 0 Å². The van der Waals surface area contributed by atoms with Crippen LogP contribution in [0.3, 0.4) is 0 Å². The normalized spacial score (nSPS) is 10.6. The quantitative estimate of drug-likeness (QED) is 0.683. The van der Waals surface area contributed by atoms with Gasteiger partial charge in [-0.05, 0) is 23.8 Å². The van der Waals surface area contributed by atoms with Gasteiger partial charge in [0.15, 0.2) is 0 Å². The minimum Gasteiger partial charge on any atom is -0.493 e. The molecule has 0 heterocycles. The molecule has 0 aliphatic heterocycles. The first-order valence-corrected chi connectivity index (χ1v) is 6.79. The molecule has 0 aliphatic rings. The van der Waals surface area contributed by atoms with E-state index >= 15 is 0 Å². The SMILES string of the molecule is COCCNCc1cc(OCCCO)ccc1Br. The Balaban J connectivity index is 2.46. The molecule has 0 saturated heterocycles. The van der Waals surface area contributed by atoms with Crippen molar-refractivity contribution in [2.24, 2.45) is 0 Å². The topological polar surface area (TPSA) is 50.7 Å². The Morgan fingerprint density at radius 1 is 1.33 bits per heavy atom. The highest BCUT2D eigenvalue weighted by atomic mass is 79.9. The number of ether oxygens (including phenoxy) is 2. The first-order valence-electron chi connectivity index (χ1n) is 5.99. The smallest absolute Gasteiger partial charge is 0.119 e. The monoisotopic (exact) mass is 317 g/mol. The van der Waals surface area contributed by atoms with E-state index < -0.39 is 0 Å². The van der Waals surface area contributed by atoms with Gasteiger partial charge in [-0.3, -0.25) is 0 Å². The van der Waals surface area contributed by atoms with Crippen LogP contribution in [0.5, 0.6) is 5.75 Å². The minimum atomic E-state index is 0.155. The third-order valence-electron chi connectivity index (χ3n) is 2.39. The third kappa shape index (κ3) is 5.82. The van der Waals surface area contributed by atoms with E-state index in [0.29, 0.717) is 19.6 Å². The molecule has 0 aromatic heterocycles. The van der Waals surface area contributed by atoms with E-state index in [1.54, 1.807) is 7.11 Å². The molecule has 1 rings (SSSR count). The molecule has 102 valence electrons. The van der Waals surface area contributed by atoms with Crippen LogP contribution in [0.2, 0.25) is 0 Å². The molecule has 0 spiro atoms. The average molecular weight is 318 g/mol. The number of rotatable bonds is 9. The van der Waals surface area contributed by atoms with Crippen LogP contribution in [-0.4, -0.2) is 38.6 Å².